The van der Waals surface area contributed by atoms with Gasteiger partial charge in [0.25, 0.3) is 11.5 Å². The Labute approximate surface area is 225 Å². The van der Waals surface area contributed by atoms with Crippen LogP contribution in [0.5, 0.6) is 0 Å². The van der Waals surface area contributed by atoms with Gasteiger partial charge in [-0.05, 0) is 49.2 Å². The Kier molecular flexibility index (Phi) is 6.07. The molecule has 1 atom stereocenters. The highest BCUT2D eigenvalue weighted by atomic mass is 32.1. The first-order valence-electron chi connectivity index (χ1n) is 11.9. The largest absolute Gasteiger partial charge is 0.382 e. The molecule has 0 aliphatic carbocycles. The maximum atomic E-state index is 14.1. The maximum absolute atomic E-state index is 14.1. The van der Waals surface area contributed by atoms with E-state index >= 15 is 0 Å². The first-order chi connectivity index (χ1) is 19.0. The van der Waals surface area contributed by atoms with Gasteiger partial charge in [0.05, 0.1) is 39.2 Å². The molecule has 0 unspecified atom stereocenters. The molecule has 0 fully saturated rings. The number of hydrogen-bond donors (Lipinski definition) is 2. The van der Waals surface area contributed by atoms with E-state index in [0.717, 1.165) is 4.88 Å². The SMILES string of the molecule is C[C@@H](NC(=O)c1c(N)nc2cccnn12)c1nc2cccc(C#Cc3cncs3)c2c(=O)n1-c1ccccc1. The number of benzene rings is 2. The van der Waals surface area contributed by atoms with Crippen LogP contribution in [0.4, 0.5) is 5.82 Å². The van der Waals surface area contributed by atoms with Crippen molar-refractivity contribution in [1.29, 1.82) is 0 Å². The van der Waals surface area contributed by atoms with E-state index in [4.69, 9.17) is 10.7 Å². The highest BCUT2D eigenvalue weighted by Gasteiger charge is 2.24. The lowest BCUT2D eigenvalue weighted by molar-refractivity contribution is 0.0931. The molecule has 6 aromatic rings. The topological polar surface area (TPSA) is 133 Å². The van der Waals surface area contributed by atoms with Crippen molar-refractivity contribution < 1.29 is 4.79 Å². The Bertz CT molecular complexity index is 1970. The van der Waals surface area contributed by atoms with Crippen LogP contribution in [0, 0.1) is 11.8 Å². The first-order valence-corrected chi connectivity index (χ1v) is 12.8. The number of nitrogens with zero attached hydrogens (tertiary/aromatic N) is 6. The second-order valence-electron chi connectivity index (χ2n) is 8.60. The molecule has 3 N–H and O–H groups in total. The molecule has 4 aromatic heterocycles. The number of rotatable bonds is 4. The minimum Gasteiger partial charge on any atom is -0.382 e. The van der Waals surface area contributed by atoms with Gasteiger partial charge in [0.1, 0.15) is 5.82 Å². The number of nitrogen functional groups attached to an aromatic ring is 1. The van der Waals surface area contributed by atoms with E-state index in [1.54, 1.807) is 55.2 Å². The number of hydrogen-bond acceptors (Lipinski definition) is 8. The van der Waals surface area contributed by atoms with Crippen LogP contribution in [0.3, 0.4) is 0 Å². The predicted molar refractivity (Wildman–Crippen MR) is 149 cm³/mol. The van der Waals surface area contributed by atoms with Gasteiger partial charge in [-0.1, -0.05) is 30.2 Å². The summed E-state index contributed by atoms with van der Waals surface area (Å²) in [7, 11) is 0. The van der Waals surface area contributed by atoms with E-state index in [9.17, 15) is 9.59 Å². The first kappa shape index (κ1) is 24.0. The molecule has 4 heterocycles. The molecule has 190 valence electrons. The van der Waals surface area contributed by atoms with Crippen LogP contribution in [0.25, 0.3) is 22.2 Å². The average molecular weight is 533 g/mol. The summed E-state index contributed by atoms with van der Waals surface area (Å²) in [6.45, 7) is 1.76. The molecule has 39 heavy (non-hydrogen) atoms. The molecule has 1 amide bonds. The normalized spacial score (nSPS) is 11.7. The Morgan fingerprint density at radius 1 is 1.05 bits per heavy atom. The van der Waals surface area contributed by atoms with Gasteiger partial charge in [-0.15, -0.1) is 11.3 Å². The molecule has 0 aliphatic rings. The van der Waals surface area contributed by atoms with Crippen molar-refractivity contribution in [3.05, 3.63) is 111 Å². The zero-order chi connectivity index (χ0) is 26.9. The fraction of sp³-hybridized carbons (Fsp3) is 0.0714. The molecule has 2 aromatic carbocycles. The molecule has 0 aliphatic heterocycles. The number of amides is 1. The zero-order valence-corrected chi connectivity index (χ0v) is 21.4. The fourth-order valence-electron chi connectivity index (χ4n) is 4.32. The van der Waals surface area contributed by atoms with Crippen molar-refractivity contribution in [3.63, 3.8) is 0 Å². The fourth-order valence-corrected chi connectivity index (χ4v) is 4.79. The average Bonchev–Trinajstić information content (AvgIpc) is 3.59. The molecular formula is C28H20N8O2S. The predicted octanol–water partition coefficient (Wildman–Crippen LogP) is 3.36. The molecule has 0 radical (unpaired) electrons. The third-order valence-electron chi connectivity index (χ3n) is 6.06. The Hall–Kier alpha value is -5.34. The number of aromatic nitrogens is 6. The van der Waals surface area contributed by atoms with Crippen LogP contribution in [0.1, 0.15) is 39.7 Å². The van der Waals surface area contributed by atoms with Gasteiger partial charge in [0.2, 0.25) is 0 Å². The smallest absolute Gasteiger partial charge is 0.274 e. The summed E-state index contributed by atoms with van der Waals surface area (Å²) < 4.78 is 2.88. The van der Waals surface area contributed by atoms with Gasteiger partial charge in [-0.25, -0.2) is 14.5 Å². The molecule has 10 nitrogen and oxygen atoms in total. The molecule has 0 spiro atoms. The molecule has 6 rings (SSSR count). The van der Waals surface area contributed by atoms with Crippen LogP contribution in [-0.4, -0.2) is 35.0 Å². The van der Waals surface area contributed by atoms with Gasteiger partial charge in [-0.3, -0.25) is 19.1 Å². The highest BCUT2D eigenvalue weighted by molar-refractivity contribution is 7.10. The lowest BCUT2D eigenvalue weighted by Crippen LogP contribution is -2.34. The van der Waals surface area contributed by atoms with E-state index in [-0.39, 0.29) is 17.1 Å². The number of anilines is 1. The van der Waals surface area contributed by atoms with Crippen LogP contribution in [0.2, 0.25) is 0 Å². The summed E-state index contributed by atoms with van der Waals surface area (Å²) >= 11 is 1.42. The lowest BCUT2D eigenvalue weighted by Gasteiger charge is -2.20. The number of fused-ring (bicyclic) bond motifs is 2. The number of nitrogens with two attached hydrogens (primary N) is 1. The number of thiazole rings is 1. The van der Waals surface area contributed by atoms with E-state index in [0.29, 0.717) is 33.6 Å². The summed E-state index contributed by atoms with van der Waals surface area (Å²) in [4.78, 5) is 41.3. The number of nitrogens with one attached hydrogen (secondary N) is 1. The minimum atomic E-state index is -0.685. The van der Waals surface area contributed by atoms with Crippen molar-refractivity contribution in [2.45, 2.75) is 13.0 Å². The van der Waals surface area contributed by atoms with Gasteiger partial charge in [0.15, 0.2) is 17.2 Å². The maximum Gasteiger partial charge on any atom is 0.274 e. The lowest BCUT2D eigenvalue weighted by atomic mass is 10.1. The van der Waals surface area contributed by atoms with Crippen molar-refractivity contribution in [1.82, 2.24) is 34.4 Å². The number of carbonyl (C=O) groups is 1. The summed E-state index contributed by atoms with van der Waals surface area (Å²) in [5.74, 6) is 6.07. The van der Waals surface area contributed by atoms with Gasteiger partial charge in [0, 0.05) is 11.8 Å². The van der Waals surface area contributed by atoms with E-state index in [1.165, 1.54) is 20.4 Å². The van der Waals surface area contributed by atoms with E-state index < -0.39 is 11.9 Å². The minimum absolute atomic E-state index is 0.0504. The van der Waals surface area contributed by atoms with Crippen LogP contribution < -0.4 is 16.6 Å². The molecule has 0 saturated heterocycles. The quantitative estimate of drug-likeness (QED) is 0.333. The highest BCUT2D eigenvalue weighted by Crippen LogP contribution is 2.21. The summed E-state index contributed by atoms with van der Waals surface area (Å²) in [5.41, 5.74) is 9.63. The van der Waals surface area contributed by atoms with Crippen LogP contribution in [-0.2, 0) is 0 Å². The molecular weight excluding hydrogens is 512 g/mol. The van der Waals surface area contributed by atoms with Crippen molar-refractivity contribution in [2.24, 2.45) is 0 Å². The summed E-state index contributed by atoms with van der Waals surface area (Å²) in [6.07, 6.45) is 3.22. The number of para-hydroxylation sites is 1. The standard InChI is InChI=1S/C28H20N8O2S/c1-17(32-27(37)24-25(29)34-22-11-6-14-31-36(22)24)26-33-21-10-5-7-18(12-13-20-15-30-16-39-20)23(21)28(38)35(26)19-8-3-2-4-9-19/h2-11,14-17H,29H2,1H3,(H,32,37)/t17-/m1/s1. The molecule has 0 bridgehead atoms. The zero-order valence-electron chi connectivity index (χ0n) is 20.6. The summed E-state index contributed by atoms with van der Waals surface area (Å²) in [6, 6.07) is 17.2. The second kappa shape index (κ2) is 9.85. The van der Waals surface area contributed by atoms with E-state index in [2.05, 4.69) is 32.2 Å². The Balaban J connectivity index is 1.48. The molecule has 11 heteroatoms. The van der Waals surface area contributed by atoms with Crippen molar-refractivity contribution in [3.8, 4) is 17.5 Å². The Morgan fingerprint density at radius 3 is 2.69 bits per heavy atom. The third-order valence-corrected chi connectivity index (χ3v) is 6.75. The van der Waals surface area contributed by atoms with Crippen molar-refractivity contribution >= 4 is 39.6 Å². The monoisotopic (exact) mass is 532 g/mol. The molecule has 0 saturated carbocycles. The van der Waals surface area contributed by atoms with Gasteiger partial charge in [-0.2, -0.15) is 5.10 Å². The van der Waals surface area contributed by atoms with Gasteiger partial charge >= 0.3 is 0 Å². The number of carbonyl (C=O) groups excluding carboxylic acids is 1. The third kappa shape index (κ3) is 4.39. The van der Waals surface area contributed by atoms with Crippen molar-refractivity contribution in [2.75, 3.05) is 5.73 Å². The van der Waals surface area contributed by atoms with Crippen LogP contribution in [0.15, 0.2) is 83.4 Å². The van der Waals surface area contributed by atoms with Gasteiger partial charge < -0.3 is 11.1 Å². The Morgan fingerprint density at radius 2 is 1.90 bits per heavy atom. The summed E-state index contributed by atoms with van der Waals surface area (Å²) in [5, 5.41) is 7.50. The second-order valence-corrected chi connectivity index (χ2v) is 9.48. The number of imidazole rings is 1. The van der Waals surface area contributed by atoms with E-state index in [1.807, 2.05) is 30.3 Å². The van der Waals surface area contributed by atoms with Crippen LogP contribution >= 0.6 is 11.3 Å².